The maximum absolute atomic E-state index is 11.4. The molecule has 1 aliphatic heterocycles. The summed E-state index contributed by atoms with van der Waals surface area (Å²) in [7, 11) is 0. The van der Waals surface area contributed by atoms with E-state index in [4.69, 9.17) is 5.26 Å². The summed E-state index contributed by atoms with van der Waals surface area (Å²) in [5.74, 6) is 0.531. The number of carbonyl (C=O) groups is 1. The molecule has 2 rings (SSSR count). The Morgan fingerprint density at radius 1 is 1.41 bits per heavy atom. The molecule has 0 spiro atoms. The van der Waals surface area contributed by atoms with Gasteiger partial charge in [0.2, 0.25) is 0 Å². The zero-order valence-corrected chi connectivity index (χ0v) is 10.0. The summed E-state index contributed by atoms with van der Waals surface area (Å²) in [4.78, 5) is 13.7. The van der Waals surface area contributed by atoms with Crippen LogP contribution in [-0.4, -0.2) is 23.8 Å². The highest BCUT2D eigenvalue weighted by Gasteiger charge is 2.23. The number of nitriles is 1. The fourth-order valence-corrected chi connectivity index (χ4v) is 2.18. The van der Waals surface area contributed by atoms with Gasteiger partial charge in [-0.3, -0.25) is 9.69 Å². The van der Waals surface area contributed by atoms with Crippen LogP contribution in [0.2, 0.25) is 0 Å². The molecule has 0 aliphatic carbocycles. The summed E-state index contributed by atoms with van der Waals surface area (Å²) < 4.78 is 0. The van der Waals surface area contributed by atoms with E-state index >= 15 is 0 Å². The quantitative estimate of drug-likeness (QED) is 0.777. The number of hydrogen-bond acceptors (Lipinski definition) is 3. The number of piperidine rings is 1. The Bertz CT molecular complexity index is 444. The monoisotopic (exact) mass is 228 g/mol. The normalized spacial score (nSPS) is 21.2. The van der Waals surface area contributed by atoms with Gasteiger partial charge in [-0.1, -0.05) is 19.1 Å². The van der Waals surface area contributed by atoms with E-state index in [0.717, 1.165) is 19.6 Å². The number of nitrogens with zero attached hydrogens (tertiary/aromatic N) is 2. The van der Waals surface area contributed by atoms with E-state index < -0.39 is 0 Å². The van der Waals surface area contributed by atoms with Crippen LogP contribution in [0.25, 0.3) is 0 Å². The number of benzene rings is 1. The van der Waals surface area contributed by atoms with Crippen molar-refractivity contribution in [2.45, 2.75) is 19.9 Å². The third-order valence-electron chi connectivity index (χ3n) is 3.25. The first-order valence-corrected chi connectivity index (χ1v) is 5.93. The lowest BCUT2D eigenvalue weighted by Crippen LogP contribution is -2.38. The van der Waals surface area contributed by atoms with Crippen LogP contribution in [0.3, 0.4) is 0 Å². The molecule has 0 aromatic heterocycles. The van der Waals surface area contributed by atoms with Crippen LogP contribution < -0.4 is 0 Å². The molecule has 0 amide bonds. The van der Waals surface area contributed by atoms with Crippen molar-refractivity contribution in [3.8, 4) is 6.07 Å². The summed E-state index contributed by atoms with van der Waals surface area (Å²) >= 11 is 0. The van der Waals surface area contributed by atoms with Crippen molar-refractivity contribution in [2.75, 3.05) is 13.1 Å². The van der Waals surface area contributed by atoms with Crippen LogP contribution in [0.4, 0.5) is 0 Å². The van der Waals surface area contributed by atoms with E-state index in [0.29, 0.717) is 17.8 Å². The van der Waals surface area contributed by atoms with E-state index in [1.54, 1.807) is 0 Å². The SMILES string of the molecule is CC1CN(Cc2ccc(C#N)cc2)CCC1=O. The molecule has 0 saturated carbocycles. The van der Waals surface area contributed by atoms with Crippen molar-refractivity contribution in [1.29, 1.82) is 5.26 Å². The van der Waals surface area contributed by atoms with Gasteiger partial charge in [0.15, 0.2) is 0 Å². The predicted octanol–water partition coefficient (Wildman–Crippen LogP) is 1.97. The van der Waals surface area contributed by atoms with Gasteiger partial charge >= 0.3 is 0 Å². The van der Waals surface area contributed by atoms with Gasteiger partial charge in [-0.15, -0.1) is 0 Å². The van der Waals surface area contributed by atoms with Gasteiger partial charge in [0, 0.05) is 32.0 Å². The lowest BCUT2D eigenvalue weighted by molar-refractivity contribution is -0.125. The lowest BCUT2D eigenvalue weighted by atomic mass is 9.98. The standard InChI is InChI=1S/C14H16N2O/c1-11-9-16(7-6-14(11)17)10-13-4-2-12(8-15)3-5-13/h2-5,11H,6-7,9-10H2,1H3. The smallest absolute Gasteiger partial charge is 0.138 e. The Morgan fingerprint density at radius 3 is 2.71 bits per heavy atom. The topological polar surface area (TPSA) is 44.1 Å². The third kappa shape index (κ3) is 2.92. The molecule has 0 radical (unpaired) electrons. The summed E-state index contributed by atoms with van der Waals surface area (Å²) in [6.07, 6.45) is 0.664. The Morgan fingerprint density at radius 2 is 2.12 bits per heavy atom. The molecule has 1 unspecified atom stereocenters. The Balaban J connectivity index is 1.97. The maximum atomic E-state index is 11.4. The van der Waals surface area contributed by atoms with Gasteiger partial charge in [-0.2, -0.15) is 5.26 Å². The summed E-state index contributed by atoms with van der Waals surface area (Å²) in [6, 6.07) is 9.77. The molecule has 0 bridgehead atoms. The van der Waals surface area contributed by atoms with Crippen LogP contribution in [0, 0.1) is 17.2 Å². The fourth-order valence-electron chi connectivity index (χ4n) is 2.18. The van der Waals surface area contributed by atoms with Crippen LogP contribution in [0.1, 0.15) is 24.5 Å². The third-order valence-corrected chi connectivity index (χ3v) is 3.25. The van der Waals surface area contributed by atoms with Gasteiger partial charge < -0.3 is 0 Å². The molecular weight excluding hydrogens is 212 g/mol. The Kier molecular flexibility index (Phi) is 3.55. The van der Waals surface area contributed by atoms with Gasteiger partial charge in [0.1, 0.15) is 5.78 Å². The molecular formula is C14H16N2O. The molecule has 1 aromatic carbocycles. The number of rotatable bonds is 2. The molecule has 88 valence electrons. The van der Waals surface area contributed by atoms with Gasteiger partial charge in [-0.25, -0.2) is 0 Å². The molecule has 1 aliphatic rings. The average molecular weight is 228 g/mol. The molecule has 1 atom stereocenters. The van der Waals surface area contributed by atoms with E-state index in [-0.39, 0.29) is 5.92 Å². The second-order valence-corrected chi connectivity index (χ2v) is 4.66. The highest BCUT2D eigenvalue weighted by molar-refractivity contribution is 5.81. The molecule has 1 heterocycles. The Labute approximate surface area is 102 Å². The fraction of sp³-hybridized carbons (Fsp3) is 0.429. The van der Waals surface area contributed by atoms with Gasteiger partial charge in [0.05, 0.1) is 11.6 Å². The van der Waals surface area contributed by atoms with Crippen molar-refractivity contribution in [2.24, 2.45) is 5.92 Å². The minimum Gasteiger partial charge on any atom is -0.299 e. The number of Topliss-reactive ketones (excluding diaryl/α,β-unsaturated/α-hetero) is 1. The number of likely N-dealkylation sites (tertiary alicyclic amines) is 1. The average Bonchev–Trinajstić information content (AvgIpc) is 2.35. The second-order valence-electron chi connectivity index (χ2n) is 4.66. The largest absolute Gasteiger partial charge is 0.299 e. The molecule has 3 nitrogen and oxygen atoms in total. The first-order valence-electron chi connectivity index (χ1n) is 5.93. The predicted molar refractivity (Wildman–Crippen MR) is 65.2 cm³/mol. The first-order chi connectivity index (χ1) is 8.19. The number of ketones is 1. The van der Waals surface area contributed by atoms with Crippen LogP contribution >= 0.6 is 0 Å². The lowest BCUT2D eigenvalue weighted by Gasteiger charge is -2.29. The van der Waals surface area contributed by atoms with Crippen LogP contribution in [-0.2, 0) is 11.3 Å². The maximum Gasteiger partial charge on any atom is 0.138 e. The highest BCUT2D eigenvalue weighted by Crippen LogP contribution is 2.15. The van der Waals surface area contributed by atoms with Crippen molar-refractivity contribution in [3.05, 3.63) is 35.4 Å². The summed E-state index contributed by atoms with van der Waals surface area (Å²) in [6.45, 7) is 4.55. The van der Waals surface area contributed by atoms with E-state index in [9.17, 15) is 4.79 Å². The second kappa shape index (κ2) is 5.11. The zero-order valence-electron chi connectivity index (χ0n) is 10.0. The molecule has 3 heteroatoms. The highest BCUT2D eigenvalue weighted by atomic mass is 16.1. The van der Waals surface area contributed by atoms with Crippen LogP contribution in [0.5, 0.6) is 0 Å². The van der Waals surface area contributed by atoms with Crippen molar-refractivity contribution in [3.63, 3.8) is 0 Å². The van der Waals surface area contributed by atoms with E-state index in [1.807, 2.05) is 31.2 Å². The summed E-state index contributed by atoms with van der Waals surface area (Å²) in [5, 5.41) is 8.72. The van der Waals surface area contributed by atoms with Gasteiger partial charge in [0.25, 0.3) is 0 Å². The molecule has 0 N–H and O–H groups in total. The zero-order chi connectivity index (χ0) is 12.3. The van der Waals surface area contributed by atoms with E-state index in [1.165, 1.54) is 5.56 Å². The molecule has 1 fully saturated rings. The van der Waals surface area contributed by atoms with E-state index in [2.05, 4.69) is 11.0 Å². The van der Waals surface area contributed by atoms with Crippen molar-refractivity contribution < 1.29 is 4.79 Å². The minimum absolute atomic E-state index is 0.155. The number of hydrogen-bond donors (Lipinski definition) is 0. The van der Waals surface area contributed by atoms with Crippen molar-refractivity contribution >= 4 is 5.78 Å². The first kappa shape index (κ1) is 11.8. The Hall–Kier alpha value is -1.66. The van der Waals surface area contributed by atoms with Gasteiger partial charge in [-0.05, 0) is 17.7 Å². The van der Waals surface area contributed by atoms with Crippen LogP contribution in [0.15, 0.2) is 24.3 Å². The summed E-state index contributed by atoms with van der Waals surface area (Å²) in [5.41, 5.74) is 1.89. The minimum atomic E-state index is 0.155. The molecule has 1 saturated heterocycles. The molecule has 1 aromatic rings. The number of carbonyl (C=O) groups excluding carboxylic acids is 1. The van der Waals surface area contributed by atoms with Crippen molar-refractivity contribution in [1.82, 2.24) is 4.90 Å². The molecule has 17 heavy (non-hydrogen) atoms.